The van der Waals surface area contributed by atoms with Crippen molar-refractivity contribution < 1.29 is 14.9 Å². The Hall–Kier alpha value is -1.59. The number of aliphatic hydroxyl groups excluding tert-OH is 2. The van der Waals surface area contributed by atoms with Gasteiger partial charge in [-0.3, -0.25) is 4.90 Å². The maximum atomic E-state index is 10.2. The van der Waals surface area contributed by atoms with Crippen LogP contribution in [-0.4, -0.2) is 47.5 Å². The number of hydrogen-bond acceptors (Lipinski definition) is 4. The molecule has 2 aromatic carbocycles. The fourth-order valence-electron chi connectivity index (χ4n) is 2.29. The third kappa shape index (κ3) is 6.59. The normalized spacial score (nSPS) is 12.3. The number of rotatable bonds is 9. The van der Waals surface area contributed by atoms with Crippen molar-refractivity contribution in [3.05, 3.63) is 65.2 Å². The van der Waals surface area contributed by atoms with Crippen LogP contribution < -0.4 is 4.74 Å². The molecule has 2 N–H and O–H groups in total. The Morgan fingerprint density at radius 1 is 1.04 bits per heavy atom. The minimum absolute atomic E-state index is 0.0532. The van der Waals surface area contributed by atoms with Crippen LogP contribution in [0.3, 0.4) is 0 Å². The Bertz CT molecular complexity index is 562. The maximum Gasteiger partial charge on any atom is 0.119 e. The van der Waals surface area contributed by atoms with Crippen LogP contribution in [0.1, 0.15) is 5.56 Å². The van der Waals surface area contributed by atoms with Gasteiger partial charge in [0.05, 0.1) is 6.61 Å². The van der Waals surface area contributed by atoms with Gasteiger partial charge in [0.1, 0.15) is 18.5 Å². The zero-order valence-electron chi connectivity index (χ0n) is 12.9. The smallest absolute Gasteiger partial charge is 0.119 e. The number of aliphatic hydroxyl groups is 2. The van der Waals surface area contributed by atoms with Crippen molar-refractivity contribution in [2.24, 2.45) is 0 Å². The molecule has 0 saturated heterocycles. The summed E-state index contributed by atoms with van der Waals surface area (Å²) in [6.45, 7) is 1.87. The number of nitrogens with zero attached hydrogens (tertiary/aromatic N) is 1. The molecular formula is C18H22ClNO3. The Morgan fingerprint density at radius 2 is 1.74 bits per heavy atom. The molecule has 0 spiro atoms. The number of ether oxygens (including phenoxy) is 1. The van der Waals surface area contributed by atoms with Crippen molar-refractivity contribution in [2.45, 2.75) is 12.6 Å². The monoisotopic (exact) mass is 335 g/mol. The first-order valence-electron chi connectivity index (χ1n) is 7.61. The lowest BCUT2D eigenvalue weighted by molar-refractivity contribution is 0.0590. The van der Waals surface area contributed by atoms with E-state index in [9.17, 15) is 10.2 Å². The molecule has 5 heteroatoms. The van der Waals surface area contributed by atoms with Crippen molar-refractivity contribution in [2.75, 3.05) is 26.3 Å². The summed E-state index contributed by atoms with van der Waals surface area (Å²) < 4.78 is 5.55. The van der Waals surface area contributed by atoms with Gasteiger partial charge >= 0.3 is 0 Å². The molecule has 124 valence electrons. The van der Waals surface area contributed by atoms with Crippen LogP contribution in [0.25, 0.3) is 0 Å². The van der Waals surface area contributed by atoms with Crippen molar-refractivity contribution in [3.8, 4) is 5.75 Å². The molecule has 4 nitrogen and oxygen atoms in total. The van der Waals surface area contributed by atoms with Crippen molar-refractivity contribution >= 4 is 11.6 Å². The van der Waals surface area contributed by atoms with E-state index in [1.807, 2.05) is 35.2 Å². The Balaban J connectivity index is 1.82. The van der Waals surface area contributed by atoms with E-state index in [1.54, 1.807) is 24.3 Å². The van der Waals surface area contributed by atoms with Gasteiger partial charge < -0.3 is 14.9 Å². The zero-order chi connectivity index (χ0) is 16.5. The number of halogens is 1. The van der Waals surface area contributed by atoms with Gasteiger partial charge in [-0.2, -0.15) is 0 Å². The molecular weight excluding hydrogens is 314 g/mol. The van der Waals surface area contributed by atoms with Crippen LogP contribution >= 0.6 is 11.6 Å². The lowest BCUT2D eigenvalue weighted by atomic mass is 10.2. The van der Waals surface area contributed by atoms with Crippen molar-refractivity contribution in [3.63, 3.8) is 0 Å². The van der Waals surface area contributed by atoms with Crippen molar-refractivity contribution in [1.82, 2.24) is 4.90 Å². The highest BCUT2D eigenvalue weighted by molar-refractivity contribution is 6.30. The van der Waals surface area contributed by atoms with Gasteiger partial charge in [-0.1, -0.05) is 41.9 Å². The van der Waals surface area contributed by atoms with Crippen molar-refractivity contribution in [1.29, 1.82) is 0 Å². The average Bonchev–Trinajstić information content (AvgIpc) is 2.55. The van der Waals surface area contributed by atoms with Crippen LogP contribution in [-0.2, 0) is 6.54 Å². The summed E-state index contributed by atoms with van der Waals surface area (Å²) in [5.74, 6) is 0.671. The van der Waals surface area contributed by atoms with E-state index in [2.05, 4.69) is 0 Å². The van der Waals surface area contributed by atoms with Crippen LogP contribution in [0.2, 0.25) is 5.02 Å². The van der Waals surface area contributed by atoms with E-state index in [1.165, 1.54) is 0 Å². The van der Waals surface area contributed by atoms with Crippen LogP contribution in [0.15, 0.2) is 54.6 Å². The fourth-order valence-corrected chi connectivity index (χ4v) is 2.42. The average molecular weight is 336 g/mol. The predicted molar refractivity (Wildman–Crippen MR) is 91.8 cm³/mol. The molecule has 0 amide bonds. The molecule has 0 unspecified atom stereocenters. The second-order valence-electron chi connectivity index (χ2n) is 5.36. The third-order valence-electron chi connectivity index (χ3n) is 3.39. The van der Waals surface area contributed by atoms with Gasteiger partial charge in [0.15, 0.2) is 0 Å². The quantitative estimate of drug-likeness (QED) is 0.739. The predicted octanol–water partition coefficient (Wildman–Crippen LogP) is 2.57. The SMILES string of the molecule is OCCN(Cc1ccccc1)C[C@@H](O)COc1ccc(Cl)cc1. The van der Waals surface area contributed by atoms with Crippen LogP contribution in [0.4, 0.5) is 0 Å². The Kier molecular flexibility index (Phi) is 7.36. The molecule has 0 aliphatic heterocycles. The summed E-state index contributed by atoms with van der Waals surface area (Å²) >= 11 is 5.82. The Labute approximate surface area is 141 Å². The summed E-state index contributed by atoms with van der Waals surface area (Å²) in [6, 6.07) is 17.0. The molecule has 0 bridgehead atoms. The lowest BCUT2D eigenvalue weighted by Crippen LogP contribution is -2.37. The molecule has 2 aromatic rings. The minimum atomic E-state index is -0.638. The third-order valence-corrected chi connectivity index (χ3v) is 3.64. The van der Waals surface area contributed by atoms with Crippen LogP contribution in [0.5, 0.6) is 5.75 Å². The molecule has 2 rings (SSSR count). The van der Waals surface area contributed by atoms with E-state index in [-0.39, 0.29) is 13.2 Å². The Morgan fingerprint density at radius 3 is 2.39 bits per heavy atom. The highest BCUT2D eigenvalue weighted by atomic mass is 35.5. The first-order valence-corrected chi connectivity index (χ1v) is 7.98. The summed E-state index contributed by atoms with van der Waals surface area (Å²) in [5, 5.41) is 20.0. The first kappa shape index (κ1) is 17.8. The molecule has 23 heavy (non-hydrogen) atoms. The summed E-state index contributed by atoms with van der Waals surface area (Å²) in [4.78, 5) is 2.01. The highest BCUT2D eigenvalue weighted by Crippen LogP contribution is 2.15. The lowest BCUT2D eigenvalue weighted by Gasteiger charge is -2.24. The second kappa shape index (κ2) is 9.53. The summed E-state index contributed by atoms with van der Waals surface area (Å²) in [5.41, 5.74) is 1.15. The highest BCUT2D eigenvalue weighted by Gasteiger charge is 2.13. The minimum Gasteiger partial charge on any atom is -0.491 e. The molecule has 0 radical (unpaired) electrons. The molecule has 0 aliphatic rings. The van der Waals surface area contributed by atoms with Gasteiger partial charge in [0, 0.05) is 24.7 Å². The van der Waals surface area contributed by atoms with Gasteiger partial charge in [0.25, 0.3) is 0 Å². The summed E-state index contributed by atoms with van der Waals surface area (Å²) in [6.07, 6.45) is -0.638. The fraction of sp³-hybridized carbons (Fsp3) is 0.333. The molecule has 0 heterocycles. The maximum absolute atomic E-state index is 10.2. The largest absolute Gasteiger partial charge is 0.491 e. The van der Waals surface area contributed by atoms with E-state index in [0.717, 1.165) is 5.56 Å². The zero-order valence-corrected chi connectivity index (χ0v) is 13.7. The van der Waals surface area contributed by atoms with E-state index >= 15 is 0 Å². The number of benzene rings is 2. The first-order chi connectivity index (χ1) is 11.2. The van der Waals surface area contributed by atoms with E-state index < -0.39 is 6.10 Å². The van der Waals surface area contributed by atoms with Gasteiger partial charge in [-0.25, -0.2) is 0 Å². The van der Waals surface area contributed by atoms with E-state index in [4.69, 9.17) is 16.3 Å². The van der Waals surface area contributed by atoms with Crippen LogP contribution in [0, 0.1) is 0 Å². The second-order valence-corrected chi connectivity index (χ2v) is 5.80. The molecule has 0 saturated carbocycles. The number of hydrogen-bond donors (Lipinski definition) is 2. The molecule has 1 atom stereocenters. The summed E-state index contributed by atoms with van der Waals surface area (Å²) in [7, 11) is 0. The molecule has 0 aliphatic carbocycles. The van der Waals surface area contributed by atoms with Gasteiger partial charge in [-0.05, 0) is 29.8 Å². The standard InChI is InChI=1S/C18H22ClNO3/c19-16-6-8-18(9-7-16)23-14-17(22)13-20(10-11-21)12-15-4-2-1-3-5-15/h1-9,17,21-22H,10-14H2/t17-/m1/s1. The van der Waals surface area contributed by atoms with E-state index in [0.29, 0.717) is 30.4 Å². The topological polar surface area (TPSA) is 52.9 Å². The molecule has 0 aromatic heterocycles. The van der Waals surface area contributed by atoms with Gasteiger partial charge in [0.2, 0.25) is 0 Å². The molecule has 0 fully saturated rings. The van der Waals surface area contributed by atoms with Gasteiger partial charge in [-0.15, -0.1) is 0 Å².